The number of fused-ring (bicyclic) bond motifs is 1. The lowest BCUT2D eigenvalue weighted by Crippen LogP contribution is -2.19. The van der Waals surface area contributed by atoms with E-state index in [1.165, 1.54) is 20.4 Å². The predicted molar refractivity (Wildman–Crippen MR) is 118 cm³/mol. The number of nitrogens with one attached hydrogen (secondary N) is 3. The highest BCUT2D eigenvalue weighted by Gasteiger charge is 2.27. The summed E-state index contributed by atoms with van der Waals surface area (Å²) < 4.78 is 33.7. The highest BCUT2D eigenvalue weighted by Crippen LogP contribution is 2.47. The molecule has 3 aromatic rings. The van der Waals surface area contributed by atoms with Crippen LogP contribution in [-0.2, 0) is 13.6 Å². The number of hydrazine groups is 1. The van der Waals surface area contributed by atoms with Gasteiger partial charge in [-0.1, -0.05) is 23.7 Å². The first kappa shape index (κ1) is 21.2. The molecule has 2 heterocycles. The molecule has 0 aliphatic carbocycles. The summed E-state index contributed by atoms with van der Waals surface area (Å²) in [7, 11) is -0.823. The maximum atomic E-state index is 12.8. The van der Waals surface area contributed by atoms with Crippen molar-refractivity contribution in [1.29, 1.82) is 0 Å². The van der Waals surface area contributed by atoms with Gasteiger partial charge in [0, 0.05) is 26.0 Å². The second-order valence-electron chi connectivity index (χ2n) is 6.21. The van der Waals surface area contributed by atoms with Crippen molar-refractivity contribution in [3.8, 4) is 11.5 Å². The molecule has 0 fully saturated rings. The van der Waals surface area contributed by atoms with E-state index in [2.05, 4.69) is 26.1 Å². The van der Waals surface area contributed by atoms with Gasteiger partial charge in [0.15, 0.2) is 17.3 Å². The highest BCUT2D eigenvalue weighted by atomic mass is 35.5. The van der Waals surface area contributed by atoms with Crippen LogP contribution in [0.1, 0.15) is 0 Å². The minimum Gasteiger partial charge on any atom is -0.454 e. The number of rotatable bonds is 8. The fraction of sp³-hybridized carbons (Fsp3) is 0.158. The van der Waals surface area contributed by atoms with E-state index in [9.17, 15) is 4.57 Å². The van der Waals surface area contributed by atoms with Gasteiger partial charge in [0.1, 0.15) is 5.02 Å². The van der Waals surface area contributed by atoms with E-state index < -0.39 is 7.60 Å². The molecule has 0 saturated heterocycles. The van der Waals surface area contributed by atoms with Crippen molar-refractivity contribution in [2.75, 3.05) is 37.2 Å². The highest BCUT2D eigenvalue weighted by molar-refractivity contribution is 7.62. The number of ether oxygens (including phenoxy) is 2. The number of para-hydroxylation sites is 1. The Kier molecular flexibility index (Phi) is 6.15. The maximum absolute atomic E-state index is 12.8. The molecular formula is C19H19ClN5O5P. The topological polar surface area (TPSA) is 116 Å². The summed E-state index contributed by atoms with van der Waals surface area (Å²) in [6.07, 6.45) is 1.45. The largest absolute Gasteiger partial charge is 0.454 e. The van der Waals surface area contributed by atoms with Crippen LogP contribution < -0.4 is 30.9 Å². The molecule has 0 spiro atoms. The molecule has 0 bridgehead atoms. The van der Waals surface area contributed by atoms with E-state index in [4.69, 9.17) is 30.1 Å². The minimum absolute atomic E-state index is 0.191. The normalized spacial score (nSPS) is 12.5. The third-order valence-electron chi connectivity index (χ3n) is 4.37. The maximum Gasteiger partial charge on any atom is 0.362 e. The number of nitrogens with zero attached hydrogens (tertiary/aromatic N) is 2. The van der Waals surface area contributed by atoms with E-state index in [1.54, 1.807) is 36.4 Å². The summed E-state index contributed by atoms with van der Waals surface area (Å²) in [5, 5.41) is 3.72. The van der Waals surface area contributed by atoms with Crippen molar-refractivity contribution >= 4 is 47.6 Å². The molecule has 0 amide bonds. The lowest BCUT2D eigenvalue weighted by molar-refractivity contribution is 0.174. The van der Waals surface area contributed by atoms with Crippen LogP contribution in [0.25, 0.3) is 0 Å². The van der Waals surface area contributed by atoms with Gasteiger partial charge in [-0.2, -0.15) is 4.98 Å². The Morgan fingerprint density at radius 2 is 1.84 bits per heavy atom. The zero-order chi connectivity index (χ0) is 21.8. The number of hydrogen-bond acceptors (Lipinski definition) is 10. The molecule has 4 rings (SSSR count). The number of benzene rings is 2. The van der Waals surface area contributed by atoms with Gasteiger partial charge in [-0.25, -0.2) is 4.98 Å². The predicted octanol–water partition coefficient (Wildman–Crippen LogP) is 4.15. The van der Waals surface area contributed by atoms with Crippen molar-refractivity contribution < 1.29 is 23.1 Å². The second kappa shape index (κ2) is 8.99. The zero-order valence-corrected chi connectivity index (χ0v) is 18.2. The van der Waals surface area contributed by atoms with Crippen LogP contribution in [0.5, 0.6) is 11.5 Å². The van der Waals surface area contributed by atoms with Gasteiger partial charge < -0.3 is 23.8 Å². The lowest BCUT2D eigenvalue weighted by Gasteiger charge is -2.19. The average Bonchev–Trinajstić information content (AvgIpc) is 3.27. The van der Waals surface area contributed by atoms with Crippen LogP contribution in [0.4, 0.5) is 23.1 Å². The lowest BCUT2D eigenvalue weighted by atomic mass is 10.3. The monoisotopic (exact) mass is 463 g/mol. The molecule has 10 nitrogen and oxygen atoms in total. The van der Waals surface area contributed by atoms with Crippen molar-refractivity contribution in [3.05, 3.63) is 53.7 Å². The fourth-order valence-corrected chi connectivity index (χ4v) is 4.21. The van der Waals surface area contributed by atoms with E-state index >= 15 is 0 Å². The Labute approximate surface area is 183 Å². The van der Waals surface area contributed by atoms with Crippen LogP contribution in [0.3, 0.4) is 0 Å². The quantitative estimate of drug-likeness (QED) is 0.332. The van der Waals surface area contributed by atoms with Crippen molar-refractivity contribution in [2.45, 2.75) is 0 Å². The third-order valence-corrected chi connectivity index (χ3v) is 6.59. The van der Waals surface area contributed by atoms with Crippen LogP contribution in [-0.4, -0.2) is 31.0 Å². The SMILES string of the molecule is COP(=O)(OC)c1ccccc1NNc1nc(Nc2ccc3c(c2)OCO3)ncc1Cl. The molecule has 0 unspecified atom stereocenters. The summed E-state index contributed by atoms with van der Waals surface area (Å²) >= 11 is 6.23. The molecule has 31 heavy (non-hydrogen) atoms. The number of anilines is 4. The smallest absolute Gasteiger partial charge is 0.362 e. The van der Waals surface area contributed by atoms with Crippen LogP contribution in [0, 0.1) is 0 Å². The molecular weight excluding hydrogens is 445 g/mol. The van der Waals surface area contributed by atoms with Gasteiger partial charge in [0.05, 0.1) is 17.2 Å². The molecule has 0 atom stereocenters. The van der Waals surface area contributed by atoms with Gasteiger partial charge in [-0.15, -0.1) is 0 Å². The first-order valence-corrected chi connectivity index (χ1v) is 11.0. The van der Waals surface area contributed by atoms with E-state index in [0.29, 0.717) is 34.3 Å². The Bertz CT molecular complexity index is 1140. The van der Waals surface area contributed by atoms with Gasteiger partial charge in [0.2, 0.25) is 12.7 Å². The molecule has 162 valence electrons. The minimum atomic E-state index is -3.47. The summed E-state index contributed by atoms with van der Waals surface area (Å²) in [6, 6.07) is 12.3. The standard InChI is InChI=1S/C19H19ClN5O5P/c1-27-31(26,28-2)17-6-4-3-5-14(17)24-25-18-13(20)10-21-19(23-18)22-12-7-8-15-16(9-12)30-11-29-15/h3-10,24H,11H2,1-2H3,(H2,21,22,23,25). The van der Waals surface area contributed by atoms with Crippen LogP contribution in [0.15, 0.2) is 48.7 Å². The number of halogens is 1. The Morgan fingerprint density at radius 3 is 2.65 bits per heavy atom. The van der Waals surface area contributed by atoms with Crippen molar-refractivity contribution in [1.82, 2.24) is 9.97 Å². The first-order valence-electron chi connectivity index (χ1n) is 9.05. The van der Waals surface area contributed by atoms with Crippen molar-refractivity contribution in [2.24, 2.45) is 0 Å². The zero-order valence-electron chi connectivity index (χ0n) is 16.6. The molecule has 12 heteroatoms. The fourth-order valence-electron chi connectivity index (χ4n) is 2.83. The van der Waals surface area contributed by atoms with E-state index in [0.717, 1.165) is 5.69 Å². The molecule has 2 aromatic carbocycles. The van der Waals surface area contributed by atoms with Gasteiger partial charge in [-0.3, -0.25) is 15.4 Å². The van der Waals surface area contributed by atoms with E-state index in [-0.39, 0.29) is 11.8 Å². The van der Waals surface area contributed by atoms with Crippen molar-refractivity contribution in [3.63, 3.8) is 0 Å². The van der Waals surface area contributed by atoms with E-state index in [1.807, 2.05) is 6.07 Å². The first-order chi connectivity index (χ1) is 15.0. The summed E-state index contributed by atoms with van der Waals surface area (Å²) in [6.45, 7) is 0.191. The Morgan fingerprint density at radius 1 is 1.06 bits per heavy atom. The van der Waals surface area contributed by atoms with Crippen LogP contribution >= 0.6 is 19.2 Å². The molecule has 1 aromatic heterocycles. The summed E-state index contributed by atoms with van der Waals surface area (Å²) in [4.78, 5) is 8.56. The Balaban J connectivity index is 1.52. The number of hydrogen-bond donors (Lipinski definition) is 3. The van der Waals surface area contributed by atoms with Crippen LogP contribution in [0.2, 0.25) is 5.02 Å². The molecule has 1 aliphatic rings. The summed E-state index contributed by atoms with van der Waals surface area (Å²) in [5.74, 6) is 1.92. The number of aromatic nitrogens is 2. The average molecular weight is 464 g/mol. The van der Waals surface area contributed by atoms with Gasteiger partial charge in [-0.05, 0) is 24.3 Å². The van der Waals surface area contributed by atoms with Gasteiger partial charge in [0.25, 0.3) is 0 Å². The molecule has 0 saturated carbocycles. The molecule has 0 radical (unpaired) electrons. The van der Waals surface area contributed by atoms with Gasteiger partial charge >= 0.3 is 7.60 Å². The Hall–Kier alpha value is -3.04. The molecule has 1 aliphatic heterocycles. The third kappa shape index (κ3) is 4.52. The second-order valence-corrected chi connectivity index (χ2v) is 8.83. The molecule has 3 N–H and O–H groups in total. The summed E-state index contributed by atoms with van der Waals surface area (Å²) in [5.41, 5.74) is 7.06.